The van der Waals surface area contributed by atoms with Gasteiger partial charge in [-0.15, -0.1) is 0 Å². The van der Waals surface area contributed by atoms with Crippen molar-refractivity contribution in [1.82, 2.24) is 0 Å². The number of hydrogen-bond donors (Lipinski definition) is 0. The second-order valence-corrected chi connectivity index (χ2v) is 7.05. The van der Waals surface area contributed by atoms with Crippen LogP contribution in [0.15, 0.2) is 18.2 Å². The van der Waals surface area contributed by atoms with Crippen molar-refractivity contribution in [2.75, 3.05) is 0 Å². The maximum Gasteiger partial charge on any atom is 0.167 e. The number of benzene rings is 1. The maximum absolute atomic E-state index is 12.9. The fourth-order valence-corrected chi connectivity index (χ4v) is 4.61. The van der Waals surface area contributed by atoms with E-state index in [1.54, 1.807) is 0 Å². The lowest BCUT2D eigenvalue weighted by Crippen LogP contribution is -2.44. The van der Waals surface area contributed by atoms with Crippen LogP contribution in [0.3, 0.4) is 0 Å². The molecule has 0 amide bonds. The Morgan fingerprint density at radius 3 is 2.61 bits per heavy atom. The summed E-state index contributed by atoms with van der Waals surface area (Å²) >= 11 is 0. The van der Waals surface area contributed by atoms with Gasteiger partial charge in [-0.3, -0.25) is 4.79 Å². The monoisotopic (exact) mass is 242 g/mol. The van der Waals surface area contributed by atoms with Crippen molar-refractivity contribution >= 4 is 5.78 Å². The molecule has 0 radical (unpaired) electrons. The molecule has 1 heteroatoms. The van der Waals surface area contributed by atoms with E-state index in [2.05, 4.69) is 45.9 Å². The van der Waals surface area contributed by atoms with Gasteiger partial charge in [-0.25, -0.2) is 0 Å². The molecule has 0 spiro atoms. The fraction of sp³-hybridized carbons (Fsp3) is 0.588. The minimum atomic E-state index is 0.0696. The van der Waals surface area contributed by atoms with Crippen LogP contribution in [0, 0.1) is 18.3 Å². The first-order valence-corrected chi connectivity index (χ1v) is 7.02. The number of ketones is 1. The lowest BCUT2D eigenvalue weighted by molar-refractivity contribution is 0.0500. The van der Waals surface area contributed by atoms with Gasteiger partial charge in [-0.05, 0) is 36.3 Å². The van der Waals surface area contributed by atoms with E-state index in [1.165, 1.54) is 18.4 Å². The smallest absolute Gasteiger partial charge is 0.167 e. The Morgan fingerprint density at radius 2 is 1.89 bits per heavy atom. The van der Waals surface area contributed by atoms with Crippen molar-refractivity contribution in [2.24, 2.45) is 11.3 Å². The van der Waals surface area contributed by atoms with E-state index in [-0.39, 0.29) is 16.7 Å². The average Bonchev–Trinajstić information content (AvgIpc) is 2.49. The summed E-state index contributed by atoms with van der Waals surface area (Å²) in [5.41, 5.74) is 3.70. The highest BCUT2D eigenvalue weighted by Gasteiger charge is 2.56. The number of carbonyl (C=O) groups excluding carboxylic acids is 1. The standard InChI is InChI=1S/C17H22O/c1-11-7-5-8-12-13(11)14(18)15-16(2,3)9-6-10-17(12,15)4/h5,7-8,15H,6,9-10H2,1-4H3/t15-,17-/m0/s1. The van der Waals surface area contributed by atoms with Crippen molar-refractivity contribution in [2.45, 2.75) is 52.4 Å². The zero-order valence-electron chi connectivity index (χ0n) is 11.8. The minimum absolute atomic E-state index is 0.0696. The quantitative estimate of drug-likeness (QED) is 0.664. The molecule has 1 aromatic rings. The second-order valence-electron chi connectivity index (χ2n) is 7.05. The topological polar surface area (TPSA) is 17.1 Å². The predicted molar refractivity (Wildman–Crippen MR) is 74.0 cm³/mol. The minimum Gasteiger partial charge on any atom is -0.294 e. The van der Waals surface area contributed by atoms with E-state index in [0.717, 1.165) is 17.5 Å². The number of fused-ring (bicyclic) bond motifs is 3. The summed E-state index contributed by atoms with van der Waals surface area (Å²) in [4.78, 5) is 12.9. The van der Waals surface area contributed by atoms with Crippen LogP contribution in [-0.4, -0.2) is 5.78 Å². The summed E-state index contributed by atoms with van der Waals surface area (Å²) in [7, 11) is 0. The van der Waals surface area contributed by atoms with Crippen molar-refractivity contribution in [3.8, 4) is 0 Å². The largest absolute Gasteiger partial charge is 0.294 e. The molecule has 0 aromatic heterocycles. The van der Waals surface area contributed by atoms with E-state index >= 15 is 0 Å². The second kappa shape index (κ2) is 3.46. The summed E-state index contributed by atoms with van der Waals surface area (Å²) < 4.78 is 0. The van der Waals surface area contributed by atoms with Gasteiger partial charge in [-0.2, -0.15) is 0 Å². The van der Waals surface area contributed by atoms with Crippen molar-refractivity contribution < 1.29 is 4.79 Å². The van der Waals surface area contributed by atoms with E-state index < -0.39 is 0 Å². The molecule has 0 N–H and O–H groups in total. The number of Topliss-reactive ketones (excluding diaryl/α,β-unsaturated/α-hetero) is 1. The molecular weight excluding hydrogens is 220 g/mol. The maximum atomic E-state index is 12.9. The van der Waals surface area contributed by atoms with Crippen LogP contribution < -0.4 is 0 Å². The molecule has 3 rings (SSSR count). The van der Waals surface area contributed by atoms with Gasteiger partial charge in [0.25, 0.3) is 0 Å². The van der Waals surface area contributed by atoms with Crippen LogP contribution in [0.4, 0.5) is 0 Å². The Balaban J connectivity index is 2.26. The van der Waals surface area contributed by atoms with Crippen LogP contribution in [-0.2, 0) is 5.41 Å². The SMILES string of the molecule is Cc1cccc2c1C(=O)[C@H]1C(C)(C)CCC[C@@]21C. The highest BCUT2D eigenvalue weighted by atomic mass is 16.1. The molecule has 0 unspecified atom stereocenters. The lowest BCUT2D eigenvalue weighted by Gasteiger charge is -2.46. The van der Waals surface area contributed by atoms with E-state index in [0.29, 0.717) is 5.78 Å². The molecule has 1 fully saturated rings. The third-order valence-electron chi connectivity index (χ3n) is 5.33. The number of rotatable bonds is 0. The van der Waals surface area contributed by atoms with E-state index in [4.69, 9.17) is 0 Å². The molecule has 0 saturated heterocycles. The number of hydrogen-bond acceptors (Lipinski definition) is 1. The molecule has 96 valence electrons. The van der Waals surface area contributed by atoms with Crippen molar-refractivity contribution in [3.05, 3.63) is 34.9 Å². The third-order valence-corrected chi connectivity index (χ3v) is 5.33. The van der Waals surface area contributed by atoms with Gasteiger partial charge in [-0.1, -0.05) is 45.4 Å². The zero-order valence-corrected chi connectivity index (χ0v) is 11.8. The van der Waals surface area contributed by atoms with Gasteiger partial charge < -0.3 is 0 Å². The Morgan fingerprint density at radius 1 is 1.17 bits per heavy atom. The first-order chi connectivity index (χ1) is 8.38. The van der Waals surface area contributed by atoms with Gasteiger partial charge in [0.05, 0.1) is 0 Å². The summed E-state index contributed by atoms with van der Waals surface area (Å²) in [6.07, 6.45) is 3.57. The van der Waals surface area contributed by atoms with Crippen LogP contribution >= 0.6 is 0 Å². The molecule has 2 atom stereocenters. The van der Waals surface area contributed by atoms with Gasteiger partial charge in [0, 0.05) is 16.9 Å². The third kappa shape index (κ3) is 1.31. The zero-order chi connectivity index (χ0) is 13.1. The normalized spacial score (nSPS) is 33.1. The first-order valence-electron chi connectivity index (χ1n) is 7.02. The molecule has 0 aliphatic heterocycles. The Kier molecular flexibility index (Phi) is 2.30. The van der Waals surface area contributed by atoms with Gasteiger partial charge in [0.1, 0.15) is 0 Å². The molecule has 2 aliphatic rings. The highest BCUT2D eigenvalue weighted by molar-refractivity contribution is 6.05. The van der Waals surface area contributed by atoms with Gasteiger partial charge in [0.2, 0.25) is 0 Å². The van der Waals surface area contributed by atoms with Crippen molar-refractivity contribution in [1.29, 1.82) is 0 Å². The lowest BCUT2D eigenvalue weighted by atomic mass is 9.56. The molecular formula is C17H22O. The van der Waals surface area contributed by atoms with Crippen LogP contribution in [0.2, 0.25) is 0 Å². The van der Waals surface area contributed by atoms with Crippen LogP contribution in [0.25, 0.3) is 0 Å². The fourth-order valence-electron chi connectivity index (χ4n) is 4.61. The molecule has 0 heterocycles. The summed E-state index contributed by atoms with van der Waals surface area (Å²) in [5, 5.41) is 0. The van der Waals surface area contributed by atoms with Crippen LogP contribution in [0.1, 0.15) is 61.5 Å². The molecule has 1 aromatic carbocycles. The Bertz CT molecular complexity index is 526. The number of carbonyl (C=O) groups is 1. The highest BCUT2D eigenvalue weighted by Crippen LogP contribution is 2.58. The predicted octanol–water partition coefficient (Wildman–Crippen LogP) is 4.28. The molecule has 2 aliphatic carbocycles. The van der Waals surface area contributed by atoms with Gasteiger partial charge >= 0.3 is 0 Å². The van der Waals surface area contributed by atoms with E-state index in [1.807, 2.05) is 0 Å². The van der Waals surface area contributed by atoms with Crippen molar-refractivity contribution in [3.63, 3.8) is 0 Å². The summed E-state index contributed by atoms with van der Waals surface area (Å²) in [6.45, 7) is 8.93. The van der Waals surface area contributed by atoms with Crippen LogP contribution in [0.5, 0.6) is 0 Å². The Labute approximate surface area is 110 Å². The van der Waals surface area contributed by atoms with Gasteiger partial charge in [0.15, 0.2) is 5.78 Å². The number of aryl methyl sites for hydroxylation is 1. The first kappa shape index (κ1) is 12.0. The Hall–Kier alpha value is -1.11. The van der Waals surface area contributed by atoms with E-state index in [9.17, 15) is 4.79 Å². The average molecular weight is 242 g/mol. The molecule has 18 heavy (non-hydrogen) atoms. The summed E-state index contributed by atoms with van der Waals surface area (Å²) in [5.74, 6) is 0.574. The molecule has 1 saturated carbocycles. The molecule has 1 nitrogen and oxygen atoms in total. The molecule has 0 bridgehead atoms. The summed E-state index contributed by atoms with van der Waals surface area (Å²) in [6, 6.07) is 6.36.